The lowest BCUT2D eigenvalue weighted by atomic mass is 10.2. The van der Waals surface area contributed by atoms with Gasteiger partial charge in [-0.2, -0.15) is 15.0 Å². The molecule has 7 heteroatoms. The molecule has 2 aromatic rings. The van der Waals surface area contributed by atoms with E-state index < -0.39 is 0 Å². The highest BCUT2D eigenvalue weighted by Crippen LogP contribution is 2.29. The molecular formula is C12H10Cl3N3O. The summed E-state index contributed by atoms with van der Waals surface area (Å²) >= 11 is 17.8. The smallest absolute Gasteiger partial charge is 0.321 e. The van der Waals surface area contributed by atoms with Gasteiger partial charge in [0, 0.05) is 10.6 Å². The predicted molar refractivity (Wildman–Crippen MR) is 76.1 cm³/mol. The van der Waals surface area contributed by atoms with Gasteiger partial charge in [0.05, 0.1) is 11.1 Å². The van der Waals surface area contributed by atoms with Gasteiger partial charge in [-0.05, 0) is 43.6 Å². The summed E-state index contributed by atoms with van der Waals surface area (Å²) in [6.45, 7) is 3.74. The summed E-state index contributed by atoms with van der Waals surface area (Å²) < 4.78 is 5.40. The Labute approximate surface area is 125 Å². The Morgan fingerprint density at radius 2 is 1.79 bits per heavy atom. The van der Waals surface area contributed by atoms with Crippen LogP contribution in [0.4, 0.5) is 0 Å². The Bertz CT molecular complexity index is 605. The molecule has 0 N–H and O–H groups in total. The fraction of sp³-hybridized carbons (Fsp3) is 0.250. The minimum atomic E-state index is -0.0630. The standard InChI is InChI=1S/C12H10Cl3N3O/c1-6(2)19-12-17-10(16-11(15)18-12)8-4-3-7(13)5-9(8)14/h3-6H,1-2H3. The van der Waals surface area contributed by atoms with Gasteiger partial charge in [0.15, 0.2) is 5.82 Å². The van der Waals surface area contributed by atoms with Crippen molar-refractivity contribution < 1.29 is 4.74 Å². The normalized spacial score (nSPS) is 10.8. The van der Waals surface area contributed by atoms with Crippen molar-refractivity contribution in [2.75, 3.05) is 0 Å². The van der Waals surface area contributed by atoms with Gasteiger partial charge >= 0.3 is 6.01 Å². The molecule has 4 nitrogen and oxygen atoms in total. The first-order valence-corrected chi connectivity index (χ1v) is 6.63. The maximum atomic E-state index is 6.11. The second kappa shape index (κ2) is 5.90. The van der Waals surface area contributed by atoms with Crippen LogP contribution >= 0.6 is 34.8 Å². The first-order chi connectivity index (χ1) is 8.95. The van der Waals surface area contributed by atoms with Gasteiger partial charge in [0.25, 0.3) is 0 Å². The van der Waals surface area contributed by atoms with Crippen molar-refractivity contribution in [3.05, 3.63) is 33.5 Å². The number of benzene rings is 1. The van der Waals surface area contributed by atoms with Crippen LogP contribution in [0.25, 0.3) is 11.4 Å². The van der Waals surface area contributed by atoms with Crippen molar-refractivity contribution in [3.8, 4) is 17.4 Å². The lowest BCUT2D eigenvalue weighted by Crippen LogP contribution is -2.09. The van der Waals surface area contributed by atoms with Crippen LogP contribution in [0.2, 0.25) is 15.3 Å². The van der Waals surface area contributed by atoms with Crippen LogP contribution in [0, 0.1) is 0 Å². The topological polar surface area (TPSA) is 47.9 Å². The SMILES string of the molecule is CC(C)Oc1nc(Cl)nc(-c2ccc(Cl)cc2Cl)n1. The van der Waals surface area contributed by atoms with Crippen LogP contribution in [-0.2, 0) is 0 Å². The molecule has 1 aromatic heterocycles. The second-order valence-electron chi connectivity index (χ2n) is 4.00. The number of ether oxygens (including phenoxy) is 1. The molecule has 19 heavy (non-hydrogen) atoms. The fourth-order valence-corrected chi connectivity index (χ4v) is 2.03. The molecule has 1 aromatic carbocycles. The summed E-state index contributed by atoms with van der Waals surface area (Å²) in [5.41, 5.74) is 0.615. The lowest BCUT2D eigenvalue weighted by Gasteiger charge is -2.09. The van der Waals surface area contributed by atoms with Crippen molar-refractivity contribution in [1.29, 1.82) is 0 Å². The summed E-state index contributed by atoms with van der Waals surface area (Å²) in [4.78, 5) is 12.1. The van der Waals surface area contributed by atoms with Gasteiger partial charge in [-0.3, -0.25) is 0 Å². The number of nitrogens with zero attached hydrogens (tertiary/aromatic N) is 3. The number of hydrogen-bond donors (Lipinski definition) is 0. The molecule has 0 fully saturated rings. The minimum absolute atomic E-state index is 0.0478. The van der Waals surface area contributed by atoms with Crippen LogP contribution in [0.3, 0.4) is 0 Å². The molecule has 100 valence electrons. The average molecular weight is 319 g/mol. The Hall–Kier alpha value is -1.10. The van der Waals surface area contributed by atoms with Crippen LogP contribution in [-0.4, -0.2) is 21.1 Å². The molecule has 0 saturated carbocycles. The lowest BCUT2D eigenvalue weighted by molar-refractivity contribution is 0.222. The van der Waals surface area contributed by atoms with Crippen molar-refractivity contribution in [1.82, 2.24) is 15.0 Å². The molecule has 0 aliphatic carbocycles. The molecule has 0 atom stereocenters. The first kappa shape index (κ1) is 14.3. The quantitative estimate of drug-likeness (QED) is 0.847. The number of rotatable bonds is 3. The van der Waals surface area contributed by atoms with Crippen molar-refractivity contribution in [2.45, 2.75) is 20.0 Å². The van der Waals surface area contributed by atoms with E-state index in [0.717, 1.165) is 0 Å². The van der Waals surface area contributed by atoms with E-state index in [2.05, 4.69) is 15.0 Å². The van der Waals surface area contributed by atoms with E-state index in [1.54, 1.807) is 18.2 Å². The van der Waals surface area contributed by atoms with Gasteiger partial charge in [0.2, 0.25) is 5.28 Å². The molecular weight excluding hydrogens is 309 g/mol. The Balaban J connectivity index is 2.46. The third-order valence-electron chi connectivity index (χ3n) is 2.10. The molecule has 0 unspecified atom stereocenters. The van der Waals surface area contributed by atoms with E-state index in [4.69, 9.17) is 39.5 Å². The van der Waals surface area contributed by atoms with E-state index >= 15 is 0 Å². The van der Waals surface area contributed by atoms with Crippen LogP contribution in [0.5, 0.6) is 6.01 Å². The number of aromatic nitrogens is 3. The van der Waals surface area contributed by atoms with E-state index in [-0.39, 0.29) is 17.4 Å². The second-order valence-corrected chi connectivity index (χ2v) is 5.18. The highest BCUT2D eigenvalue weighted by molar-refractivity contribution is 6.36. The van der Waals surface area contributed by atoms with Gasteiger partial charge < -0.3 is 4.74 Å². The highest BCUT2D eigenvalue weighted by atomic mass is 35.5. The summed E-state index contributed by atoms with van der Waals surface area (Å²) in [6, 6.07) is 5.19. The van der Waals surface area contributed by atoms with Gasteiger partial charge in [-0.25, -0.2) is 0 Å². The van der Waals surface area contributed by atoms with Crippen LogP contribution < -0.4 is 4.74 Å². The molecule has 0 radical (unpaired) electrons. The maximum absolute atomic E-state index is 6.11. The van der Waals surface area contributed by atoms with Crippen molar-refractivity contribution in [2.24, 2.45) is 0 Å². The molecule has 0 amide bonds. The highest BCUT2D eigenvalue weighted by Gasteiger charge is 2.12. The van der Waals surface area contributed by atoms with Crippen molar-refractivity contribution in [3.63, 3.8) is 0 Å². The minimum Gasteiger partial charge on any atom is -0.461 e. The Kier molecular flexibility index (Phi) is 4.45. The van der Waals surface area contributed by atoms with Gasteiger partial charge in [0.1, 0.15) is 0 Å². The molecule has 0 spiro atoms. The Morgan fingerprint density at radius 3 is 2.42 bits per heavy atom. The zero-order chi connectivity index (χ0) is 14.0. The summed E-state index contributed by atoms with van der Waals surface area (Å²) in [5.74, 6) is 0.345. The molecule has 0 saturated heterocycles. The molecule has 0 aliphatic heterocycles. The van der Waals surface area contributed by atoms with Crippen molar-refractivity contribution >= 4 is 34.8 Å². The summed E-state index contributed by atoms with van der Waals surface area (Å²) in [7, 11) is 0. The van der Waals surface area contributed by atoms with E-state index in [0.29, 0.717) is 21.4 Å². The zero-order valence-corrected chi connectivity index (χ0v) is 12.5. The van der Waals surface area contributed by atoms with Crippen LogP contribution in [0.1, 0.15) is 13.8 Å². The monoisotopic (exact) mass is 317 g/mol. The van der Waals surface area contributed by atoms with E-state index in [9.17, 15) is 0 Å². The average Bonchev–Trinajstić information content (AvgIpc) is 2.26. The number of halogens is 3. The Morgan fingerprint density at radius 1 is 1.05 bits per heavy atom. The fourth-order valence-electron chi connectivity index (χ4n) is 1.39. The molecule has 1 heterocycles. The van der Waals surface area contributed by atoms with Gasteiger partial charge in [-0.1, -0.05) is 23.2 Å². The third kappa shape index (κ3) is 3.69. The van der Waals surface area contributed by atoms with E-state index in [1.165, 1.54) is 0 Å². The van der Waals surface area contributed by atoms with Crippen LogP contribution in [0.15, 0.2) is 18.2 Å². The first-order valence-electron chi connectivity index (χ1n) is 5.49. The predicted octanol–water partition coefficient (Wildman–Crippen LogP) is 4.29. The molecule has 2 rings (SSSR count). The summed E-state index contributed by atoms with van der Waals surface area (Å²) in [5, 5.41) is 1.02. The molecule has 0 bridgehead atoms. The molecule has 0 aliphatic rings. The van der Waals surface area contributed by atoms with Gasteiger partial charge in [-0.15, -0.1) is 0 Å². The van der Waals surface area contributed by atoms with E-state index in [1.807, 2.05) is 13.8 Å². The maximum Gasteiger partial charge on any atom is 0.321 e. The third-order valence-corrected chi connectivity index (χ3v) is 2.82. The largest absolute Gasteiger partial charge is 0.461 e. The zero-order valence-electron chi connectivity index (χ0n) is 10.2. The summed E-state index contributed by atoms with van der Waals surface area (Å²) in [6.07, 6.45) is -0.0630. The number of hydrogen-bond acceptors (Lipinski definition) is 4.